The van der Waals surface area contributed by atoms with E-state index in [9.17, 15) is 0 Å². The first kappa shape index (κ1) is 13.1. The summed E-state index contributed by atoms with van der Waals surface area (Å²) in [7, 11) is 0. The Morgan fingerprint density at radius 1 is 1.22 bits per heavy atom. The molecule has 3 heteroatoms. The molecular formula is C15H19NOS. The van der Waals surface area contributed by atoms with E-state index in [0.717, 1.165) is 12.3 Å². The van der Waals surface area contributed by atoms with Crippen LogP contribution in [0.3, 0.4) is 0 Å². The van der Waals surface area contributed by atoms with Crippen molar-refractivity contribution in [2.75, 3.05) is 6.61 Å². The normalized spacial score (nSPS) is 12.3. The molecule has 0 radical (unpaired) electrons. The van der Waals surface area contributed by atoms with Gasteiger partial charge >= 0.3 is 0 Å². The van der Waals surface area contributed by atoms with Crippen LogP contribution in [-0.4, -0.2) is 6.61 Å². The lowest BCUT2D eigenvalue weighted by Gasteiger charge is -2.12. The molecule has 1 aromatic heterocycles. The number of ether oxygens (including phenoxy) is 1. The lowest BCUT2D eigenvalue weighted by molar-refractivity contribution is 0.340. The van der Waals surface area contributed by atoms with Crippen molar-refractivity contribution in [2.24, 2.45) is 0 Å². The van der Waals surface area contributed by atoms with Crippen molar-refractivity contribution in [1.82, 2.24) is 5.32 Å². The molecule has 1 atom stereocenters. The van der Waals surface area contributed by atoms with Crippen molar-refractivity contribution in [3.63, 3.8) is 0 Å². The Morgan fingerprint density at radius 3 is 2.61 bits per heavy atom. The molecule has 0 fully saturated rings. The molecule has 0 amide bonds. The zero-order valence-electron chi connectivity index (χ0n) is 10.8. The minimum absolute atomic E-state index is 0.391. The topological polar surface area (TPSA) is 21.3 Å². The number of hydrogen-bond donors (Lipinski definition) is 1. The maximum atomic E-state index is 5.43. The maximum absolute atomic E-state index is 5.43. The van der Waals surface area contributed by atoms with E-state index in [2.05, 4.69) is 41.2 Å². The molecule has 2 nitrogen and oxygen atoms in total. The van der Waals surface area contributed by atoms with Gasteiger partial charge in [-0.3, -0.25) is 0 Å². The van der Waals surface area contributed by atoms with Gasteiger partial charge in [0.1, 0.15) is 5.75 Å². The van der Waals surface area contributed by atoms with Gasteiger partial charge in [0.2, 0.25) is 0 Å². The molecule has 0 aliphatic carbocycles. The molecule has 0 spiro atoms. The number of nitrogens with one attached hydrogen (secondary N) is 1. The van der Waals surface area contributed by atoms with Crippen LogP contribution in [0.2, 0.25) is 0 Å². The molecule has 0 aliphatic rings. The summed E-state index contributed by atoms with van der Waals surface area (Å²) in [5.41, 5.74) is 2.63. The van der Waals surface area contributed by atoms with Gasteiger partial charge in [-0.05, 0) is 53.9 Å². The van der Waals surface area contributed by atoms with Crippen molar-refractivity contribution < 1.29 is 4.74 Å². The third kappa shape index (κ3) is 3.59. The molecule has 0 aliphatic heterocycles. The smallest absolute Gasteiger partial charge is 0.119 e. The average Bonchev–Trinajstić information content (AvgIpc) is 2.92. The second kappa shape index (κ2) is 6.57. The summed E-state index contributed by atoms with van der Waals surface area (Å²) < 4.78 is 5.43. The molecule has 0 saturated heterocycles. The molecule has 1 N–H and O–H groups in total. The summed E-state index contributed by atoms with van der Waals surface area (Å²) >= 11 is 1.74. The van der Waals surface area contributed by atoms with Gasteiger partial charge in [-0.25, -0.2) is 0 Å². The summed E-state index contributed by atoms with van der Waals surface area (Å²) in [5, 5.41) is 7.82. The number of rotatable bonds is 6. The summed E-state index contributed by atoms with van der Waals surface area (Å²) in [6, 6.07) is 10.8. The predicted molar refractivity (Wildman–Crippen MR) is 77.2 cm³/mol. The van der Waals surface area contributed by atoms with E-state index < -0.39 is 0 Å². The highest BCUT2D eigenvalue weighted by Gasteiger charge is 2.04. The van der Waals surface area contributed by atoms with Crippen molar-refractivity contribution in [1.29, 1.82) is 0 Å². The lowest BCUT2D eigenvalue weighted by atomic mass is 10.1. The zero-order valence-corrected chi connectivity index (χ0v) is 11.7. The molecule has 96 valence electrons. The minimum atomic E-state index is 0.391. The van der Waals surface area contributed by atoms with Crippen LogP contribution in [0.5, 0.6) is 5.75 Å². The molecule has 2 rings (SSSR count). The first-order chi connectivity index (χ1) is 8.79. The second-order valence-electron chi connectivity index (χ2n) is 4.24. The van der Waals surface area contributed by atoms with Crippen molar-refractivity contribution in [3.05, 3.63) is 52.2 Å². The van der Waals surface area contributed by atoms with E-state index in [1.54, 1.807) is 11.3 Å². The van der Waals surface area contributed by atoms with Gasteiger partial charge in [0.15, 0.2) is 0 Å². The number of benzene rings is 1. The Kier molecular flexibility index (Phi) is 4.79. The van der Waals surface area contributed by atoms with Crippen molar-refractivity contribution >= 4 is 11.3 Å². The van der Waals surface area contributed by atoms with E-state index in [-0.39, 0.29) is 0 Å². The monoisotopic (exact) mass is 261 g/mol. The molecule has 1 aromatic carbocycles. The van der Waals surface area contributed by atoms with Crippen LogP contribution >= 0.6 is 11.3 Å². The molecule has 1 unspecified atom stereocenters. The Morgan fingerprint density at radius 2 is 2.00 bits per heavy atom. The molecule has 0 saturated carbocycles. The van der Waals surface area contributed by atoms with E-state index >= 15 is 0 Å². The maximum Gasteiger partial charge on any atom is 0.119 e. The Labute approximate surface area is 113 Å². The van der Waals surface area contributed by atoms with Crippen LogP contribution in [-0.2, 0) is 6.54 Å². The molecule has 1 heterocycles. The largest absolute Gasteiger partial charge is 0.494 e. The van der Waals surface area contributed by atoms with Gasteiger partial charge < -0.3 is 10.1 Å². The van der Waals surface area contributed by atoms with Gasteiger partial charge in [0.05, 0.1) is 6.61 Å². The Hall–Kier alpha value is -1.32. The summed E-state index contributed by atoms with van der Waals surface area (Å²) in [6.07, 6.45) is 0. The van der Waals surface area contributed by atoms with Gasteiger partial charge in [0, 0.05) is 12.6 Å². The number of thiophene rings is 1. The first-order valence-corrected chi connectivity index (χ1v) is 7.21. The highest BCUT2D eigenvalue weighted by molar-refractivity contribution is 7.07. The molecule has 0 bridgehead atoms. The lowest BCUT2D eigenvalue weighted by Crippen LogP contribution is -2.17. The van der Waals surface area contributed by atoms with Crippen LogP contribution < -0.4 is 10.1 Å². The van der Waals surface area contributed by atoms with Crippen molar-refractivity contribution in [2.45, 2.75) is 26.4 Å². The standard InChI is InChI=1S/C15H19NOS/c1-3-17-15-6-4-13(5-7-15)10-16-12(2)14-8-9-18-11-14/h4-9,11-12,16H,3,10H2,1-2H3. The third-order valence-electron chi connectivity index (χ3n) is 2.89. The van der Waals surface area contributed by atoms with Gasteiger partial charge in [-0.2, -0.15) is 11.3 Å². The van der Waals surface area contributed by atoms with E-state index in [1.807, 2.05) is 19.1 Å². The van der Waals surface area contributed by atoms with Crippen LogP contribution in [0.4, 0.5) is 0 Å². The Balaban J connectivity index is 1.86. The number of hydrogen-bond acceptors (Lipinski definition) is 3. The SMILES string of the molecule is CCOc1ccc(CNC(C)c2ccsc2)cc1. The minimum Gasteiger partial charge on any atom is -0.494 e. The van der Waals surface area contributed by atoms with E-state index in [0.29, 0.717) is 12.6 Å². The highest BCUT2D eigenvalue weighted by atomic mass is 32.1. The molecule has 18 heavy (non-hydrogen) atoms. The van der Waals surface area contributed by atoms with Crippen LogP contribution in [0.1, 0.15) is 31.0 Å². The summed E-state index contributed by atoms with van der Waals surface area (Å²) in [6.45, 7) is 5.78. The van der Waals surface area contributed by atoms with E-state index in [1.165, 1.54) is 11.1 Å². The predicted octanol–water partition coefficient (Wildman–Crippen LogP) is 4.00. The first-order valence-electron chi connectivity index (χ1n) is 6.27. The van der Waals surface area contributed by atoms with Crippen molar-refractivity contribution in [3.8, 4) is 5.75 Å². The average molecular weight is 261 g/mol. The fourth-order valence-corrected chi connectivity index (χ4v) is 2.53. The van der Waals surface area contributed by atoms with E-state index in [4.69, 9.17) is 4.74 Å². The molecular weight excluding hydrogens is 242 g/mol. The summed E-state index contributed by atoms with van der Waals surface area (Å²) in [4.78, 5) is 0. The second-order valence-corrected chi connectivity index (χ2v) is 5.02. The van der Waals surface area contributed by atoms with Crippen LogP contribution in [0, 0.1) is 0 Å². The third-order valence-corrected chi connectivity index (χ3v) is 3.59. The van der Waals surface area contributed by atoms with Crippen LogP contribution in [0.25, 0.3) is 0 Å². The summed E-state index contributed by atoms with van der Waals surface area (Å²) in [5.74, 6) is 0.937. The van der Waals surface area contributed by atoms with Gasteiger partial charge in [-0.15, -0.1) is 0 Å². The fraction of sp³-hybridized carbons (Fsp3) is 0.333. The molecule has 2 aromatic rings. The highest BCUT2D eigenvalue weighted by Crippen LogP contribution is 2.17. The quantitative estimate of drug-likeness (QED) is 0.848. The zero-order chi connectivity index (χ0) is 12.8. The fourth-order valence-electron chi connectivity index (χ4n) is 1.78. The Bertz CT molecular complexity index is 450. The van der Waals surface area contributed by atoms with Crippen LogP contribution in [0.15, 0.2) is 41.1 Å². The van der Waals surface area contributed by atoms with Gasteiger partial charge in [-0.1, -0.05) is 12.1 Å². The van der Waals surface area contributed by atoms with Gasteiger partial charge in [0.25, 0.3) is 0 Å².